The highest BCUT2D eigenvalue weighted by atomic mass is 32.2. The van der Waals surface area contributed by atoms with E-state index in [-0.39, 0.29) is 11.4 Å². The third kappa shape index (κ3) is 2.67. The third-order valence-electron chi connectivity index (χ3n) is 3.53. The number of hydrogen-bond acceptors (Lipinski definition) is 4. The van der Waals surface area contributed by atoms with Crippen molar-refractivity contribution in [3.8, 4) is 11.8 Å². The maximum Gasteiger partial charge on any atom is 0.420 e. The Morgan fingerprint density at radius 2 is 2.00 bits per heavy atom. The molecule has 8 heteroatoms. The lowest BCUT2D eigenvalue weighted by molar-refractivity contribution is -0.138. The highest BCUT2D eigenvalue weighted by Crippen LogP contribution is 2.41. The van der Waals surface area contributed by atoms with E-state index < -0.39 is 29.0 Å². The Morgan fingerprint density at radius 3 is 2.67 bits per heavy atom. The summed E-state index contributed by atoms with van der Waals surface area (Å²) in [7, 11) is 0. The van der Waals surface area contributed by atoms with Crippen molar-refractivity contribution in [3.05, 3.63) is 53.1 Å². The number of para-hydroxylation sites is 1. The number of alkyl halides is 3. The van der Waals surface area contributed by atoms with Crippen molar-refractivity contribution >= 4 is 23.4 Å². The number of nitrogens with zero attached hydrogens (tertiary/aromatic N) is 2. The fraction of sp³-hybridized carbons (Fsp3) is 0.125. The molecule has 24 heavy (non-hydrogen) atoms. The number of amides is 1. The molecule has 2 aromatic rings. The molecule has 1 amide bonds. The number of phenolic OH excluding ortho intramolecular Hbond substituents is 1. The molecule has 3 rings (SSSR count). The smallest absolute Gasteiger partial charge is 0.420 e. The van der Waals surface area contributed by atoms with Crippen molar-refractivity contribution in [3.63, 3.8) is 0 Å². The summed E-state index contributed by atoms with van der Waals surface area (Å²) >= 11 is 1.39. The number of aromatic hydroxyl groups is 1. The van der Waals surface area contributed by atoms with Crippen LogP contribution >= 0.6 is 11.8 Å². The second kappa shape index (κ2) is 5.76. The predicted octanol–water partition coefficient (Wildman–Crippen LogP) is 3.99. The first-order valence-electron chi connectivity index (χ1n) is 6.71. The molecule has 0 saturated heterocycles. The lowest BCUT2D eigenvalue weighted by Crippen LogP contribution is -2.28. The van der Waals surface area contributed by atoms with Crippen molar-refractivity contribution in [1.82, 2.24) is 0 Å². The van der Waals surface area contributed by atoms with Gasteiger partial charge in [0.1, 0.15) is 11.8 Å². The minimum Gasteiger partial charge on any atom is -0.506 e. The van der Waals surface area contributed by atoms with Gasteiger partial charge in [-0.3, -0.25) is 9.69 Å². The molecule has 122 valence electrons. The molecule has 0 saturated carbocycles. The van der Waals surface area contributed by atoms with Crippen LogP contribution in [0.15, 0.2) is 41.3 Å². The average Bonchev–Trinajstić information content (AvgIpc) is 2.97. The SMILES string of the molecule is N#Cc1cc(C(=O)N2CSc3ccccc32)cc(C(F)(F)F)c1O. The molecule has 0 unspecified atom stereocenters. The highest BCUT2D eigenvalue weighted by Gasteiger charge is 2.37. The Kier molecular flexibility index (Phi) is 3.89. The predicted molar refractivity (Wildman–Crippen MR) is 81.8 cm³/mol. The van der Waals surface area contributed by atoms with Gasteiger partial charge in [-0.05, 0) is 24.3 Å². The largest absolute Gasteiger partial charge is 0.506 e. The molecular formula is C16H9F3N2O2S. The fourth-order valence-corrected chi connectivity index (χ4v) is 3.41. The molecule has 0 atom stereocenters. The number of thioether (sulfide) groups is 1. The second-order valence-electron chi connectivity index (χ2n) is 5.00. The van der Waals surface area contributed by atoms with E-state index in [1.807, 2.05) is 6.07 Å². The molecule has 0 fully saturated rings. The molecule has 1 heterocycles. The van der Waals surface area contributed by atoms with E-state index in [1.54, 1.807) is 18.2 Å². The van der Waals surface area contributed by atoms with Crippen LogP contribution in [0.25, 0.3) is 0 Å². The number of fused-ring (bicyclic) bond motifs is 1. The number of hydrogen-bond donors (Lipinski definition) is 1. The maximum absolute atomic E-state index is 13.0. The normalized spacial score (nSPS) is 13.5. The molecule has 1 aliphatic heterocycles. The second-order valence-corrected chi connectivity index (χ2v) is 5.99. The minimum absolute atomic E-state index is 0.266. The zero-order valence-electron chi connectivity index (χ0n) is 12.0. The van der Waals surface area contributed by atoms with Crippen LogP contribution in [0.2, 0.25) is 0 Å². The Morgan fingerprint density at radius 1 is 1.29 bits per heavy atom. The van der Waals surface area contributed by atoms with E-state index in [2.05, 4.69) is 0 Å². The summed E-state index contributed by atoms with van der Waals surface area (Å²) in [5.74, 6) is -1.56. The molecule has 0 aromatic heterocycles. The Hall–Kier alpha value is -2.66. The van der Waals surface area contributed by atoms with Gasteiger partial charge in [0.15, 0.2) is 0 Å². The van der Waals surface area contributed by atoms with Crippen LogP contribution < -0.4 is 4.90 Å². The van der Waals surface area contributed by atoms with Gasteiger partial charge in [0.2, 0.25) is 0 Å². The molecule has 0 spiro atoms. The van der Waals surface area contributed by atoms with Gasteiger partial charge in [-0.2, -0.15) is 18.4 Å². The van der Waals surface area contributed by atoms with Crippen LogP contribution in [0.3, 0.4) is 0 Å². The Labute approximate surface area is 139 Å². The lowest BCUT2D eigenvalue weighted by Gasteiger charge is -2.18. The number of anilines is 1. The van der Waals surface area contributed by atoms with Gasteiger partial charge in [0.05, 0.1) is 22.7 Å². The van der Waals surface area contributed by atoms with Crippen LogP contribution in [0.4, 0.5) is 18.9 Å². The van der Waals surface area contributed by atoms with E-state index in [4.69, 9.17) is 5.26 Å². The summed E-state index contributed by atoms with van der Waals surface area (Å²) in [6.07, 6.45) is -4.87. The number of phenols is 1. The van der Waals surface area contributed by atoms with Crippen molar-refractivity contribution in [1.29, 1.82) is 5.26 Å². The van der Waals surface area contributed by atoms with Gasteiger partial charge in [0.25, 0.3) is 5.91 Å². The van der Waals surface area contributed by atoms with Gasteiger partial charge in [0, 0.05) is 10.5 Å². The van der Waals surface area contributed by atoms with E-state index in [1.165, 1.54) is 22.7 Å². The number of halogens is 3. The first kappa shape index (κ1) is 16.2. The lowest BCUT2D eigenvalue weighted by atomic mass is 10.0. The van der Waals surface area contributed by atoms with Crippen LogP contribution in [0.1, 0.15) is 21.5 Å². The number of nitriles is 1. The van der Waals surface area contributed by atoms with E-state index in [9.17, 15) is 23.1 Å². The van der Waals surface area contributed by atoms with Crippen molar-refractivity contribution in [2.45, 2.75) is 11.1 Å². The first-order valence-corrected chi connectivity index (χ1v) is 7.69. The van der Waals surface area contributed by atoms with E-state index in [0.29, 0.717) is 11.8 Å². The van der Waals surface area contributed by atoms with Crippen molar-refractivity contribution in [2.75, 3.05) is 10.8 Å². The fourth-order valence-electron chi connectivity index (χ4n) is 2.39. The monoisotopic (exact) mass is 350 g/mol. The Bertz CT molecular complexity index is 875. The minimum atomic E-state index is -4.87. The summed E-state index contributed by atoms with van der Waals surface area (Å²) < 4.78 is 39.1. The molecule has 1 aliphatic rings. The zero-order chi connectivity index (χ0) is 17.5. The molecule has 0 radical (unpaired) electrons. The van der Waals surface area contributed by atoms with E-state index in [0.717, 1.165) is 11.0 Å². The molecular weight excluding hydrogens is 341 g/mol. The summed E-state index contributed by atoms with van der Waals surface area (Å²) in [6, 6.07) is 10.1. The molecule has 1 N–H and O–H groups in total. The van der Waals surface area contributed by atoms with Gasteiger partial charge in [-0.1, -0.05) is 12.1 Å². The summed E-state index contributed by atoms with van der Waals surface area (Å²) in [5.41, 5.74) is -1.68. The third-order valence-corrected chi connectivity index (χ3v) is 4.58. The summed E-state index contributed by atoms with van der Waals surface area (Å²) in [5, 5.41) is 18.5. The van der Waals surface area contributed by atoms with Gasteiger partial charge >= 0.3 is 6.18 Å². The van der Waals surface area contributed by atoms with Gasteiger partial charge in [-0.15, -0.1) is 11.8 Å². The molecule has 4 nitrogen and oxygen atoms in total. The maximum atomic E-state index is 13.0. The van der Waals surface area contributed by atoms with Gasteiger partial charge < -0.3 is 5.11 Å². The van der Waals surface area contributed by atoms with Crippen LogP contribution in [0.5, 0.6) is 5.75 Å². The van der Waals surface area contributed by atoms with Crippen LogP contribution in [0, 0.1) is 11.3 Å². The summed E-state index contributed by atoms with van der Waals surface area (Å²) in [4.78, 5) is 14.8. The zero-order valence-corrected chi connectivity index (χ0v) is 12.8. The van der Waals surface area contributed by atoms with E-state index >= 15 is 0 Å². The molecule has 0 bridgehead atoms. The van der Waals surface area contributed by atoms with Crippen LogP contribution in [-0.2, 0) is 6.18 Å². The number of benzene rings is 2. The number of carbonyl (C=O) groups is 1. The number of rotatable bonds is 1. The topological polar surface area (TPSA) is 64.3 Å². The summed E-state index contributed by atoms with van der Waals surface area (Å²) in [6.45, 7) is 0. The van der Waals surface area contributed by atoms with Crippen molar-refractivity contribution < 1.29 is 23.1 Å². The van der Waals surface area contributed by atoms with Crippen molar-refractivity contribution in [2.24, 2.45) is 0 Å². The highest BCUT2D eigenvalue weighted by molar-refractivity contribution is 8.00. The molecule has 0 aliphatic carbocycles. The number of carbonyl (C=O) groups excluding carboxylic acids is 1. The standard InChI is InChI=1S/C16H9F3N2O2S/c17-16(18,19)11-6-9(5-10(7-20)14(11)22)15(23)21-8-24-13-4-2-1-3-12(13)21/h1-6,22H,8H2. The average molecular weight is 350 g/mol. The van der Waals surface area contributed by atoms with Crippen LogP contribution in [-0.4, -0.2) is 16.9 Å². The first-order chi connectivity index (χ1) is 11.3. The van der Waals surface area contributed by atoms with Gasteiger partial charge in [-0.25, -0.2) is 0 Å². The Balaban J connectivity index is 2.07. The quantitative estimate of drug-likeness (QED) is 0.845. The molecule has 2 aromatic carbocycles.